The molecule has 5 nitrogen and oxygen atoms in total. The van der Waals surface area contributed by atoms with E-state index < -0.39 is 39.4 Å². The van der Waals surface area contributed by atoms with Crippen molar-refractivity contribution in [3.05, 3.63) is 0 Å². The molecule has 0 aromatic heterocycles. The second-order valence-corrected chi connectivity index (χ2v) is 6.87. The van der Waals surface area contributed by atoms with Gasteiger partial charge in [-0.2, -0.15) is 17.5 Å². The molecule has 1 aliphatic rings. The molecule has 1 saturated heterocycles. The summed E-state index contributed by atoms with van der Waals surface area (Å²) in [5.41, 5.74) is 0. The van der Waals surface area contributed by atoms with E-state index in [1.165, 1.54) is 6.92 Å². The molecule has 112 valence electrons. The SMILES string of the molecule is CC(C(F)(F)F)S(=O)(=O)N1CCC[C@H](C(=O)O)[C@@H]1C. The molecule has 3 atom stereocenters. The number of piperidine rings is 1. The molecule has 1 fully saturated rings. The molecular formula is C10H16F3NO4S. The number of carbonyl (C=O) groups is 1. The largest absolute Gasteiger partial charge is 0.481 e. The van der Waals surface area contributed by atoms with Gasteiger partial charge in [0.25, 0.3) is 0 Å². The van der Waals surface area contributed by atoms with Gasteiger partial charge in [-0.25, -0.2) is 8.42 Å². The first-order chi connectivity index (χ1) is 8.49. The Morgan fingerprint density at radius 2 is 1.95 bits per heavy atom. The zero-order valence-corrected chi connectivity index (χ0v) is 11.3. The van der Waals surface area contributed by atoms with Crippen molar-refractivity contribution in [3.8, 4) is 0 Å². The Morgan fingerprint density at radius 1 is 1.42 bits per heavy atom. The normalized spacial score (nSPS) is 28.1. The van der Waals surface area contributed by atoms with E-state index in [1.807, 2.05) is 0 Å². The van der Waals surface area contributed by atoms with E-state index >= 15 is 0 Å². The van der Waals surface area contributed by atoms with Crippen molar-refractivity contribution >= 4 is 16.0 Å². The Kier molecular flexibility index (Phi) is 4.51. The van der Waals surface area contributed by atoms with Crippen LogP contribution in [0.5, 0.6) is 0 Å². The molecule has 0 radical (unpaired) electrons. The highest BCUT2D eigenvalue weighted by Gasteiger charge is 2.50. The van der Waals surface area contributed by atoms with Gasteiger partial charge in [-0.05, 0) is 26.7 Å². The fourth-order valence-corrected chi connectivity index (χ4v) is 3.91. The minimum absolute atomic E-state index is 0.0757. The van der Waals surface area contributed by atoms with Crippen LogP contribution < -0.4 is 0 Å². The van der Waals surface area contributed by atoms with Crippen molar-refractivity contribution in [1.82, 2.24) is 4.31 Å². The molecule has 0 saturated carbocycles. The van der Waals surface area contributed by atoms with Crippen LogP contribution in [0.1, 0.15) is 26.7 Å². The van der Waals surface area contributed by atoms with Gasteiger partial charge in [0.1, 0.15) is 0 Å². The van der Waals surface area contributed by atoms with Gasteiger partial charge in [-0.1, -0.05) is 0 Å². The van der Waals surface area contributed by atoms with Crippen LogP contribution in [0, 0.1) is 5.92 Å². The molecule has 0 spiro atoms. The maximum absolute atomic E-state index is 12.6. The third-order valence-electron chi connectivity index (χ3n) is 3.48. The van der Waals surface area contributed by atoms with Crippen LogP contribution in [0.4, 0.5) is 13.2 Å². The van der Waals surface area contributed by atoms with E-state index in [2.05, 4.69) is 0 Å². The molecule has 1 rings (SSSR count). The number of rotatable bonds is 3. The van der Waals surface area contributed by atoms with Gasteiger partial charge in [-0.15, -0.1) is 0 Å². The van der Waals surface area contributed by atoms with E-state index in [0.717, 1.165) is 0 Å². The lowest BCUT2D eigenvalue weighted by Crippen LogP contribution is -2.53. The number of nitrogens with zero attached hydrogens (tertiary/aromatic N) is 1. The van der Waals surface area contributed by atoms with Gasteiger partial charge >= 0.3 is 12.1 Å². The van der Waals surface area contributed by atoms with Crippen molar-refractivity contribution in [2.24, 2.45) is 5.92 Å². The van der Waals surface area contributed by atoms with Crippen molar-refractivity contribution in [1.29, 1.82) is 0 Å². The van der Waals surface area contributed by atoms with Gasteiger partial charge < -0.3 is 5.11 Å². The second-order valence-electron chi connectivity index (χ2n) is 4.67. The average molecular weight is 303 g/mol. The molecule has 19 heavy (non-hydrogen) atoms. The Labute approximate surface area is 109 Å². The summed E-state index contributed by atoms with van der Waals surface area (Å²) in [7, 11) is -4.59. The standard InChI is InChI=1S/C10H16F3NO4S/c1-6-8(9(15)16)4-3-5-14(6)19(17,18)7(2)10(11,12)13/h6-8H,3-5H2,1-2H3,(H,15,16)/t6-,7?,8-/m0/s1. The smallest absolute Gasteiger partial charge is 0.406 e. The van der Waals surface area contributed by atoms with Gasteiger partial charge in [0.15, 0.2) is 5.25 Å². The number of carboxylic acid groups (broad SMARTS) is 1. The second kappa shape index (κ2) is 5.28. The Hall–Kier alpha value is -0.830. The summed E-state index contributed by atoms with van der Waals surface area (Å²) in [6, 6.07) is -0.971. The van der Waals surface area contributed by atoms with E-state index in [9.17, 15) is 26.4 Å². The zero-order chi connectivity index (χ0) is 15.0. The first kappa shape index (κ1) is 16.2. The lowest BCUT2D eigenvalue weighted by atomic mass is 9.92. The Morgan fingerprint density at radius 3 is 2.37 bits per heavy atom. The molecule has 1 heterocycles. The summed E-state index contributed by atoms with van der Waals surface area (Å²) in [6.45, 7) is 1.83. The van der Waals surface area contributed by atoms with Crippen molar-refractivity contribution in [2.75, 3.05) is 6.54 Å². The van der Waals surface area contributed by atoms with Gasteiger partial charge in [0.05, 0.1) is 5.92 Å². The molecule has 0 amide bonds. The highest BCUT2D eigenvalue weighted by Crippen LogP contribution is 2.33. The maximum Gasteiger partial charge on any atom is 0.406 e. The fraction of sp³-hybridized carbons (Fsp3) is 0.900. The van der Waals surface area contributed by atoms with Crippen LogP contribution in [-0.4, -0.2) is 47.8 Å². The topological polar surface area (TPSA) is 74.7 Å². The number of hydrogen-bond donors (Lipinski definition) is 1. The first-order valence-electron chi connectivity index (χ1n) is 5.79. The minimum Gasteiger partial charge on any atom is -0.481 e. The molecule has 9 heteroatoms. The highest BCUT2D eigenvalue weighted by molar-refractivity contribution is 7.89. The molecule has 0 bridgehead atoms. The number of halogens is 3. The van der Waals surface area contributed by atoms with E-state index in [0.29, 0.717) is 11.2 Å². The van der Waals surface area contributed by atoms with Crippen LogP contribution in [-0.2, 0) is 14.8 Å². The number of carboxylic acids is 1. The lowest BCUT2D eigenvalue weighted by molar-refractivity contribution is -0.144. The number of aliphatic carboxylic acids is 1. The fourth-order valence-electron chi connectivity index (χ4n) is 2.17. The molecule has 0 aromatic rings. The quantitative estimate of drug-likeness (QED) is 0.856. The third kappa shape index (κ3) is 3.19. The Balaban J connectivity index is 3.04. The van der Waals surface area contributed by atoms with E-state index in [4.69, 9.17) is 5.11 Å². The monoisotopic (exact) mass is 303 g/mol. The molecule has 1 aliphatic heterocycles. The summed E-state index contributed by atoms with van der Waals surface area (Å²) < 4.78 is 62.2. The predicted octanol–water partition coefficient (Wildman–Crippen LogP) is 1.45. The van der Waals surface area contributed by atoms with Gasteiger partial charge in [0.2, 0.25) is 10.0 Å². The van der Waals surface area contributed by atoms with E-state index in [1.54, 1.807) is 0 Å². The summed E-state index contributed by atoms with van der Waals surface area (Å²) in [6.07, 6.45) is -4.36. The predicted molar refractivity (Wildman–Crippen MR) is 61.0 cm³/mol. The summed E-state index contributed by atoms with van der Waals surface area (Å²) in [4.78, 5) is 11.0. The third-order valence-corrected chi connectivity index (χ3v) is 5.81. The number of alkyl halides is 3. The van der Waals surface area contributed by atoms with E-state index in [-0.39, 0.29) is 19.4 Å². The molecular weight excluding hydrogens is 287 g/mol. The summed E-state index contributed by atoms with van der Waals surface area (Å²) >= 11 is 0. The first-order valence-corrected chi connectivity index (χ1v) is 7.30. The van der Waals surface area contributed by atoms with Crippen molar-refractivity contribution < 1.29 is 31.5 Å². The lowest BCUT2D eigenvalue weighted by Gasteiger charge is -2.38. The van der Waals surface area contributed by atoms with Gasteiger partial charge in [-0.3, -0.25) is 4.79 Å². The Bertz CT molecular complexity index is 448. The highest BCUT2D eigenvalue weighted by atomic mass is 32.2. The molecule has 1 unspecified atom stereocenters. The summed E-state index contributed by atoms with van der Waals surface area (Å²) in [5, 5.41) is 6.41. The van der Waals surface area contributed by atoms with Crippen LogP contribution in [0.25, 0.3) is 0 Å². The van der Waals surface area contributed by atoms with Crippen LogP contribution in [0.15, 0.2) is 0 Å². The zero-order valence-electron chi connectivity index (χ0n) is 10.5. The maximum atomic E-state index is 12.6. The summed E-state index contributed by atoms with van der Waals surface area (Å²) in [5.74, 6) is -2.16. The molecule has 0 aliphatic carbocycles. The van der Waals surface area contributed by atoms with Crippen LogP contribution in [0.2, 0.25) is 0 Å². The van der Waals surface area contributed by atoms with Crippen molar-refractivity contribution in [3.63, 3.8) is 0 Å². The minimum atomic E-state index is -4.87. The molecule has 0 aromatic carbocycles. The van der Waals surface area contributed by atoms with Crippen molar-refractivity contribution in [2.45, 2.75) is 44.2 Å². The van der Waals surface area contributed by atoms with Gasteiger partial charge in [0, 0.05) is 12.6 Å². The average Bonchev–Trinajstić information content (AvgIpc) is 2.26. The number of sulfonamides is 1. The van der Waals surface area contributed by atoms with Crippen LogP contribution in [0.3, 0.4) is 0 Å². The van der Waals surface area contributed by atoms with Crippen LogP contribution >= 0.6 is 0 Å². The molecule has 1 N–H and O–H groups in total. The number of hydrogen-bond acceptors (Lipinski definition) is 3.